The van der Waals surface area contributed by atoms with Crippen molar-refractivity contribution in [1.82, 2.24) is 74.2 Å². The molecule has 5 aromatic heterocycles. The summed E-state index contributed by atoms with van der Waals surface area (Å²) in [6, 6.07) is 9.24. The van der Waals surface area contributed by atoms with Gasteiger partial charge in [-0.2, -0.15) is 42.3 Å². The van der Waals surface area contributed by atoms with Gasteiger partial charge in [0.1, 0.15) is 120 Å². The van der Waals surface area contributed by atoms with Gasteiger partial charge < -0.3 is 26.2 Å². The smallest absolute Gasteiger partial charge is 1.00 e. The van der Waals surface area contributed by atoms with Crippen LogP contribution in [0.2, 0.25) is 1.41 Å². The number of aliphatic hydroxyl groups is 1. The number of nitrogens with one attached hydrogen (secondary N) is 1. The van der Waals surface area contributed by atoms with Gasteiger partial charge in [-0.05, 0) is 18.2 Å². The third-order valence-corrected chi connectivity index (χ3v) is 8.76. The molecule has 2 saturated heterocycles. The van der Waals surface area contributed by atoms with Crippen LogP contribution in [0.3, 0.4) is 0 Å². The van der Waals surface area contributed by atoms with E-state index in [4.69, 9.17) is 38.3 Å². The topological polar surface area (TPSA) is 368 Å². The molecule has 2 aliphatic rings. The molecular weight excluding hydrogens is 1140 g/mol. The van der Waals surface area contributed by atoms with Gasteiger partial charge in [0.05, 0.1) is 54.6 Å². The Labute approximate surface area is 529 Å². The van der Waals surface area contributed by atoms with E-state index in [1.165, 1.54) is 65.5 Å². The van der Waals surface area contributed by atoms with E-state index in [1.54, 1.807) is 4.68 Å². The summed E-state index contributed by atoms with van der Waals surface area (Å²) in [6.07, 6.45) is 8.23. The molecule has 0 aliphatic carbocycles. The van der Waals surface area contributed by atoms with Gasteiger partial charge in [-0.3, -0.25) is 19.0 Å². The van der Waals surface area contributed by atoms with Crippen LogP contribution in [0.25, 0.3) is 0 Å². The Hall–Kier alpha value is -4.66. The van der Waals surface area contributed by atoms with E-state index in [1.807, 2.05) is 0 Å². The van der Waals surface area contributed by atoms with E-state index in [0.29, 0.717) is 48.5 Å². The molecule has 3 atom stereocenters. The average Bonchev–Trinajstić information content (AvgIpc) is 1.62. The molecule has 8 aromatic rings. The number of halogens is 6. The second-order valence-corrected chi connectivity index (χ2v) is 17.6. The Morgan fingerprint density at radius 3 is 1.51 bits per heavy atom. The van der Waals surface area contributed by atoms with E-state index in [0.717, 1.165) is 28.9 Å². The van der Waals surface area contributed by atoms with Crippen LogP contribution in [-0.2, 0) is 82.4 Å². The van der Waals surface area contributed by atoms with Crippen LogP contribution in [0.5, 0.6) is 0 Å². The Balaban J connectivity index is 0.000000538. The van der Waals surface area contributed by atoms with E-state index >= 15 is 0 Å². The van der Waals surface area contributed by atoms with Crippen molar-refractivity contribution in [2.24, 2.45) is 0 Å². The maximum Gasteiger partial charge on any atom is 1.00 e. The van der Waals surface area contributed by atoms with Crippen molar-refractivity contribution >= 4 is 26.7 Å². The first-order chi connectivity index (χ1) is 38.1. The van der Waals surface area contributed by atoms with Crippen molar-refractivity contribution < 1.29 is 196 Å². The zero-order valence-electron chi connectivity index (χ0n) is 48.1. The SMILES string of the molecule is CS(=O)(=O)O.CS(=O)(=O)O.Fc1ccc(C2(Cn3cncn3)CO2)c(F)c1.O=CO[O-].[2H]C1([2H])OC1(Cn1cncn1)c1ccc(F)cc1F.[2H]c1nc([2H])n(CC(O)(Cn2cncn2)c2ccc(F)cc2F)n1.[2H]c1nc([2H])n([2H])n1.[H-].[K+].[K+]. The van der Waals surface area contributed by atoms with Crippen molar-refractivity contribution in [2.45, 2.75) is 43.0 Å². The van der Waals surface area contributed by atoms with Crippen LogP contribution < -0.4 is 108 Å². The van der Waals surface area contributed by atoms with Crippen molar-refractivity contribution in [2.75, 3.05) is 25.7 Å². The van der Waals surface area contributed by atoms with Gasteiger partial charge in [-0.25, -0.2) is 70.0 Å². The van der Waals surface area contributed by atoms with Gasteiger partial charge >= 0.3 is 103 Å². The first-order valence-corrected chi connectivity index (χ1v) is 23.6. The molecule has 27 nitrogen and oxygen atoms in total. The fourth-order valence-electron chi connectivity index (χ4n) is 5.81. The molecule has 4 N–H and O–H groups in total. The summed E-state index contributed by atoms with van der Waals surface area (Å²) >= 11 is 0. The van der Waals surface area contributed by atoms with Crippen LogP contribution >= 0.6 is 0 Å². The van der Waals surface area contributed by atoms with Gasteiger partial charge in [-0.1, -0.05) is 18.2 Å². The van der Waals surface area contributed by atoms with Crippen LogP contribution in [0, 0.1) is 34.9 Å². The predicted molar refractivity (Wildman–Crippen MR) is 238 cm³/mol. The van der Waals surface area contributed by atoms with Crippen LogP contribution in [0.1, 0.15) is 26.3 Å². The van der Waals surface area contributed by atoms with E-state index in [9.17, 15) is 48.3 Å². The van der Waals surface area contributed by atoms with E-state index in [-0.39, 0.29) is 160 Å². The number of carbonyl (C=O) groups is 1. The zero-order valence-corrected chi connectivity index (χ0v) is 48.0. The summed E-state index contributed by atoms with van der Waals surface area (Å²) in [5, 5.41) is 38.4. The minimum Gasteiger partial charge on any atom is -1.00 e. The van der Waals surface area contributed by atoms with Crippen molar-refractivity contribution in [3.8, 4) is 0 Å². The summed E-state index contributed by atoms with van der Waals surface area (Å²) in [4.78, 5) is 29.3. The van der Waals surface area contributed by atoms with Crippen LogP contribution in [-0.4, -0.2) is 137 Å². The number of nitrogens with zero attached hydrogens (tertiary/aromatic N) is 14. The molecule has 3 unspecified atom stereocenters. The summed E-state index contributed by atoms with van der Waals surface area (Å²) in [5.74, 6) is -4.49. The van der Waals surface area contributed by atoms with Gasteiger partial charge in [0, 0.05) is 34.9 Å². The standard InChI is InChI=1S/C13H12F2N6O.2C11H9F2N3O.C2H3N3.2CH4O3S.CH2O3.2K.H/c14-10-1-2-11(12(15)3-10)13(22,4-20-8-16-6-18-20)5-21-9-17-7-19-21;2*12-8-1-2-9(10(13)3-8)11(5-17-11)4-16-7-14-6-15-16;1-3-2-5-4-1;2*1-5(2,3)4;2-1-4-3;;;/h1-3,6-9,22H,4-5H2;2*1-3,6-7H,4-5H2;1-2H,(H,3,4,5);2*1H3,(H,2,3,4);1,3H;;;/q;;;;;;;2*+1;-1/p-1/i6D,8D;5D2;;1D,2D;;;;;;/hD. The molecule has 37 heteroatoms. The van der Waals surface area contributed by atoms with Crippen LogP contribution in [0.15, 0.2) is 118 Å². The monoisotopic (exact) mass is 1190 g/mol. The van der Waals surface area contributed by atoms with E-state index < -0.39 is 84.8 Å². The van der Waals surface area contributed by atoms with E-state index in [2.05, 4.69) is 55.3 Å². The molecule has 0 spiro atoms. The van der Waals surface area contributed by atoms with Gasteiger partial charge in [0.15, 0.2) is 1.41 Å². The number of ether oxygens (including phenoxy) is 2. The minimum absolute atomic E-state index is 0. The number of aromatic nitrogens is 15. The zero-order chi connectivity index (χ0) is 61.4. The molecule has 406 valence electrons. The predicted octanol–water partition coefficient (Wildman–Crippen LogP) is -4.93. The molecule has 10 rings (SSSR count). The molecule has 0 radical (unpaired) electrons. The fourth-order valence-corrected chi connectivity index (χ4v) is 5.81. The number of H-pyrrole nitrogens is 1. The maximum absolute atomic E-state index is 14.2. The summed E-state index contributed by atoms with van der Waals surface area (Å²) in [5.41, 5.74) is -4.02. The number of hydrogen-bond donors (Lipinski definition) is 4. The maximum atomic E-state index is 14.2. The Bertz CT molecular complexity index is 3540. The molecule has 77 heavy (non-hydrogen) atoms. The summed E-state index contributed by atoms with van der Waals surface area (Å²) in [7, 11) is -7.33. The van der Waals surface area contributed by atoms with Gasteiger partial charge in [-0.15, -0.1) is 0 Å². The Morgan fingerprint density at radius 2 is 1.17 bits per heavy atom. The summed E-state index contributed by atoms with van der Waals surface area (Å²) < 4.78 is 198. The average molecular weight is 1190 g/mol. The first kappa shape index (κ1) is 57.0. The molecule has 0 bridgehead atoms. The van der Waals surface area contributed by atoms with Crippen molar-refractivity contribution in [3.63, 3.8) is 0 Å². The normalized spacial score (nSPS) is 18.3. The number of aromatic amines is 1. The summed E-state index contributed by atoms with van der Waals surface area (Å²) in [6.45, 7) is -2.08. The molecule has 3 aromatic carbocycles. The Kier molecular flexibility index (Phi) is 24.0. The number of hydrogen-bond acceptors (Lipinski definition) is 20. The number of epoxide rings is 2. The quantitative estimate of drug-likeness (QED) is 0.0169. The fraction of sp³-hybridized carbons (Fsp3) is 0.275. The largest absolute Gasteiger partial charge is 1.00 e. The molecule has 0 saturated carbocycles. The molecule has 7 heterocycles. The molecule has 0 amide bonds. The molecule has 2 fully saturated rings. The Morgan fingerprint density at radius 1 is 0.740 bits per heavy atom. The number of rotatable bonds is 12. The van der Waals surface area contributed by atoms with Gasteiger partial charge in [0.25, 0.3) is 26.7 Å². The van der Waals surface area contributed by atoms with Crippen LogP contribution in [0.4, 0.5) is 26.3 Å². The van der Waals surface area contributed by atoms with Crippen molar-refractivity contribution in [3.05, 3.63) is 169 Å². The second-order valence-electron chi connectivity index (χ2n) is 14.6. The second kappa shape index (κ2) is 32.4. The molecule has 2 aliphatic heterocycles. The molecular formula is C40H43F6K2N15O12S2. The van der Waals surface area contributed by atoms with Crippen molar-refractivity contribution in [1.29, 1.82) is 0 Å². The third kappa shape index (κ3) is 25.3. The third-order valence-electron chi connectivity index (χ3n) is 8.76. The van der Waals surface area contributed by atoms with Gasteiger partial charge in [0.2, 0.25) is 0 Å². The first-order valence-electron chi connectivity index (χ1n) is 23.3. The minimum atomic E-state index is -3.67. The number of benzene rings is 3. The number of carbonyl (C=O) groups excluding carboxylic acids is 1.